The predicted molar refractivity (Wildman–Crippen MR) is 69.5 cm³/mol. The van der Waals surface area contributed by atoms with Gasteiger partial charge in [-0.3, -0.25) is 25.3 Å². The second kappa shape index (κ2) is 4.67. The van der Waals surface area contributed by atoms with Crippen LogP contribution in [0.25, 0.3) is 10.9 Å². The number of nitrogens with two attached hydrogens (primary N) is 2. The largest absolute Gasteiger partial charge is 0.397 e. The molecule has 2 rings (SSSR count). The van der Waals surface area contributed by atoms with Gasteiger partial charge in [0.25, 0.3) is 11.6 Å². The Bertz CT molecular complexity index is 703. The Morgan fingerprint density at radius 2 is 2.16 bits per heavy atom. The number of rotatable bonds is 2. The molecule has 98 valence electrons. The van der Waals surface area contributed by atoms with E-state index in [9.17, 15) is 14.9 Å². The molecular formula is C10H8ClN5O3. The first-order valence-electron chi connectivity index (χ1n) is 4.98. The standard InChI is InChI=1S/C10H8ClN5O3/c11-7-2-4(16(18)19)1-5-8(12)6(10(17)15-13)3-14-9(5)7/h1-3H,13H2,(H2,12,14)(H,15,17). The normalized spacial score (nSPS) is 10.4. The van der Waals surface area contributed by atoms with Gasteiger partial charge >= 0.3 is 0 Å². The highest BCUT2D eigenvalue weighted by molar-refractivity contribution is 6.35. The molecule has 0 bridgehead atoms. The van der Waals surface area contributed by atoms with Gasteiger partial charge < -0.3 is 5.73 Å². The zero-order valence-electron chi connectivity index (χ0n) is 9.38. The van der Waals surface area contributed by atoms with Crippen LogP contribution in [0.2, 0.25) is 5.02 Å². The molecule has 0 fully saturated rings. The quantitative estimate of drug-likeness (QED) is 0.325. The van der Waals surface area contributed by atoms with E-state index in [1.807, 2.05) is 5.43 Å². The van der Waals surface area contributed by atoms with Gasteiger partial charge in [0.05, 0.1) is 26.7 Å². The number of nitro benzene ring substituents is 1. The number of benzene rings is 1. The third-order valence-electron chi connectivity index (χ3n) is 2.54. The van der Waals surface area contributed by atoms with E-state index in [0.717, 1.165) is 0 Å². The first-order chi connectivity index (χ1) is 8.95. The summed E-state index contributed by atoms with van der Waals surface area (Å²) in [6.07, 6.45) is 1.21. The summed E-state index contributed by atoms with van der Waals surface area (Å²) in [6.45, 7) is 0. The molecule has 0 aliphatic heterocycles. The molecule has 19 heavy (non-hydrogen) atoms. The lowest BCUT2D eigenvalue weighted by Crippen LogP contribution is -2.30. The average Bonchev–Trinajstić information content (AvgIpc) is 2.38. The molecule has 0 aliphatic carbocycles. The number of anilines is 1. The zero-order chi connectivity index (χ0) is 14.2. The van der Waals surface area contributed by atoms with Gasteiger partial charge in [0.1, 0.15) is 0 Å². The van der Waals surface area contributed by atoms with Gasteiger partial charge in [-0.15, -0.1) is 0 Å². The van der Waals surface area contributed by atoms with Crippen LogP contribution in [0.3, 0.4) is 0 Å². The Morgan fingerprint density at radius 3 is 2.74 bits per heavy atom. The van der Waals surface area contributed by atoms with Crippen LogP contribution in [0.5, 0.6) is 0 Å². The number of non-ortho nitro benzene ring substituents is 1. The van der Waals surface area contributed by atoms with Gasteiger partial charge in [-0.05, 0) is 0 Å². The number of carbonyl (C=O) groups is 1. The number of halogens is 1. The molecule has 0 radical (unpaired) electrons. The fourth-order valence-corrected chi connectivity index (χ4v) is 1.89. The average molecular weight is 282 g/mol. The summed E-state index contributed by atoms with van der Waals surface area (Å²) in [5.41, 5.74) is 7.79. The second-order valence-electron chi connectivity index (χ2n) is 3.64. The van der Waals surface area contributed by atoms with Gasteiger partial charge in [0.15, 0.2) is 0 Å². The number of nitrogens with zero attached hydrogens (tertiary/aromatic N) is 2. The Balaban J connectivity index is 2.80. The molecule has 1 amide bonds. The zero-order valence-corrected chi connectivity index (χ0v) is 10.1. The molecule has 0 atom stereocenters. The van der Waals surface area contributed by atoms with E-state index in [4.69, 9.17) is 23.2 Å². The van der Waals surface area contributed by atoms with Crippen molar-refractivity contribution in [2.45, 2.75) is 0 Å². The SMILES string of the molecule is NNC(=O)c1cnc2c(Cl)cc([N+](=O)[O-])cc2c1N. The van der Waals surface area contributed by atoms with Crippen LogP contribution in [-0.2, 0) is 0 Å². The topological polar surface area (TPSA) is 137 Å². The van der Waals surface area contributed by atoms with Crippen molar-refractivity contribution >= 4 is 39.8 Å². The highest BCUT2D eigenvalue weighted by Gasteiger charge is 2.17. The van der Waals surface area contributed by atoms with Crippen LogP contribution >= 0.6 is 11.6 Å². The minimum absolute atomic E-state index is 0.0200. The number of nitrogen functional groups attached to an aromatic ring is 2. The van der Waals surface area contributed by atoms with Gasteiger partial charge in [0.2, 0.25) is 0 Å². The highest BCUT2D eigenvalue weighted by atomic mass is 35.5. The summed E-state index contributed by atoms with van der Waals surface area (Å²) in [7, 11) is 0. The maximum atomic E-state index is 11.5. The molecule has 0 unspecified atom stereocenters. The van der Waals surface area contributed by atoms with Crippen LogP contribution in [0.15, 0.2) is 18.3 Å². The number of aromatic nitrogens is 1. The monoisotopic (exact) mass is 281 g/mol. The number of carbonyl (C=O) groups excluding carboxylic acids is 1. The van der Waals surface area contributed by atoms with Gasteiger partial charge in [-0.1, -0.05) is 11.6 Å². The fourth-order valence-electron chi connectivity index (χ4n) is 1.63. The maximum Gasteiger partial charge on any atom is 0.271 e. The second-order valence-corrected chi connectivity index (χ2v) is 4.05. The van der Waals surface area contributed by atoms with Crippen LogP contribution in [-0.4, -0.2) is 15.8 Å². The molecule has 1 aromatic carbocycles. The predicted octanol–water partition coefficient (Wildman–Crippen LogP) is 0.982. The van der Waals surface area contributed by atoms with E-state index in [2.05, 4.69) is 4.98 Å². The van der Waals surface area contributed by atoms with Crippen molar-refractivity contribution in [1.29, 1.82) is 0 Å². The van der Waals surface area contributed by atoms with Gasteiger partial charge in [0, 0.05) is 23.7 Å². The minimum Gasteiger partial charge on any atom is -0.397 e. The lowest BCUT2D eigenvalue weighted by molar-refractivity contribution is -0.384. The summed E-state index contributed by atoms with van der Waals surface area (Å²) in [6, 6.07) is 2.37. The molecule has 2 aromatic rings. The number of hydrazine groups is 1. The van der Waals surface area contributed by atoms with Gasteiger partial charge in [-0.25, -0.2) is 5.84 Å². The minimum atomic E-state index is -0.644. The maximum absolute atomic E-state index is 11.5. The Kier molecular flexibility index (Phi) is 3.19. The van der Waals surface area contributed by atoms with Crippen molar-refractivity contribution < 1.29 is 9.72 Å². The number of nitrogens with one attached hydrogen (secondary N) is 1. The van der Waals surface area contributed by atoms with Gasteiger partial charge in [-0.2, -0.15) is 0 Å². The first kappa shape index (κ1) is 13.0. The van der Waals surface area contributed by atoms with Crippen LogP contribution in [0.1, 0.15) is 10.4 Å². The van der Waals surface area contributed by atoms with Crippen LogP contribution in [0.4, 0.5) is 11.4 Å². The van der Waals surface area contributed by atoms with Crippen LogP contribution < -0.4 is 17.0 Å². The van der Waals surface area contributed by atoms with E-state index in [1.165, 1.54) is 18.3 Å². The summed E-state index contributed by atoms with van der Waals surface area (Å²) < 4.78 is 0. The molecule has 1 aromatic heterocycles. The summed E-state index contributed by atoms with van der Waals surface area (Å²) in [4.78, 5) is 25.6. The summed E-state index contributed by atoms with van der Waals surface area (Å²) in [5.74, 6) is 4.36. The molecule has 0 saturated heterocycles. The summed E-state index contributed by atoms with van der Waals surface area (Å²) >= 11 is 5.90. The molecule has 9 heteroatoms. The molecular weight excluding hydrogens is 274 g/mol. The number of hydrogen-bond donors (Lipinski definition) is 3. The molecule has 0 saturated carbocycles. The van der Waals surface area contributed by atoms with E-state index in [-0.39, 0.29) is 32.9 Å². The highest BCUT2D eigenvalue weighted by Crippen LogP contribution is 2.32. The lowest BCUT2D eigenvalue weighted by atomic mass is 10.1. The number of hydrogen-bond acceptors (Lipinski definition) is 6. The molecule has 1 heterocycles. The Hall–Kier alpha value is -2.45. The molecule has 0 spiro atoms. The van der Waals surface area contributed by atoms with E-state index in [0.29, 0.717) is 0 Å². The number of amides is 1. The molecule has 0 aliphatic rings. The molecule has 8 nitrogen and oxygen atoms in total. The molecule has 5 N–H and O–H groups in total. The lowest BCUT2D eigenvalue weighted by Gasteiger charge is -2.08. The summed E-state index contributed by atoms with van der Waals surface area (Å²) in [5, 5.41) is 11.1. The van der Waals surface area contributed by atoms with E-state index < -0.39 is 10.8 Å². The Labute approximate surface area is 111 Å². The Morgan fingerprint density at radius 1 is 1.47 bits per heavy atom. The van der Waals surface area contributed by atoms with Crippen molar-refractivity contribution in [2.24, 2.45) is 5.84 Å². The van der Waals surface area contributed by atoms with E-state index >= 15 is 0 Å². The van der Waals surface area contributed by atoms with E-state index in [1.54, 1.807) is 0 Å². The fraction of sp³-hybridized carbons (Fsp3) is 0. The van der Waals surface area contributed by atoms with Crippen molar-refractivity contribution in [1.82, 2.24) is 10.4 Å². The third-order valence-corrected chi connectivity index (χ3v) is 2.83. The van der Waals surface area contributed by atoms with Crippen LogP contribution in [0, 0.1) is 10.1 Å². The number of nitro groups is 1. The number of fused-ring (bicyclic) bond motifs is 1. The first-order valence-corrected chi connectivity index (χ1v) is 5.36. The van der Waals surface area contributed by atoms with Crippen molar-refractivity contribution in [3.05, 3.63) is 39.0 Å². The smallest absolute Gasteiger partial charge is 0.271 e. The third kappa shape index (κ3) is 2.14. The van der Waals surface area contributed by atoms with Crippen molar-refractivity contribution in [3.8, 4) is 0 Å². The van der Waals surface area contributed by atoms with Crippen molar-refractivity contribution in [3.63, 3.8) is 0 Å². The van der Waals surface area contributed by atoms with Crippen molar-refractivity contribution in [2.75, 3.05) is 5.73 Å². The number of pyridine rings is 1.